The fraction of sp³-hybridized carbons (Fsp3) is 1.00. The van der Waals surface area contributed by atoms with Crippen LogP contribution in [0.2, 0.25) is 0 Å². The van der Waals surface area contributed by atoms with Gasteiger partial charge < -0.3 is 25.5 Å². The second kappa shape index (κ2) is 4.11. The summed E-state index contributed by atoms with van der Waals surface area (Å²) in [5.41, 5.74) is 0. The Bertz CT molecular complexity index is 134. The molecule has 0 fully saturated rings. The van der Waals surface area contributed by atoms with Crippen LogP contribution in [0.15, 0.2) is 0 Å². The molecule has 74 valence electrons. The van der Waals surface area contributed by atoms with Crippen molar-refractivity contribution in [2.45, 2.75) is 31.1 Å². The Morgan fingerprint density at radius 1 is 1.33 bits per heavy atom. The summed E-state index contributed by atoms with van der Waals surface area (Å²) in [6, 6.07) is 0. The molecule has 0 rings (SSSR count). The fourth-order valence-corrected chi connectivity index (χ4v) is 0.630. The minimum absolute atomic E-state index is 0.630. The van der Waals surface area contributed by atoms with Gasteiger partial charge in [-0.3, -0.25) is 0 Å². The Morgan fingerprint density at radius 2 is 1.75 bits per heavy atom. The topological polar surface area (TPSA) is 101 Å². The molecule has 0 saturated heterocycles. The quantitative estimate of drug-likeness (QED) is 0.339. The lowest BCUT2D eigenvalue weighted by atomic mass is 10.0. The van der Waals surface area contributed by atoms with E-state index in [-0.39, 0.29) is 0 Å². The third-order valence-corrected chi connectivity index (χ3v) is 1.44. The van der Waals surface area contributed by atoms with Crippen LogP contribution in [0.1, 0.15) is 6.92 Å². The van der Waals surface area contributed by atoms with Crippen molar-refractivity contribution < 1.29 is 29.9 Å². The summed E-state index contributed by atoms with van der Waals surface area (Å²) in [5.74, 6) is -3.00. The lowest BCUT2D eigenvalue weighted by molar-refractivity contribution is -0.206. The number of alkyl halides is 1. The largest absolute Gasteiger partial charge is 0.394 e. The number of aliphatic hydroxyl groups is 5. The molecule has 0 radical (unpaired) electrons. The van der Waals surface area contributed by atoms with Crippen LogP contribution in [-0.4, -0.2) is 56.3 Å². The van der Waals surface area contributed by atoms with Crippen LogP contribution in [-0.2, 0) is 0 Å². The van der Waals surface area contributed by atoms with E-state index in [9.17, 15) is 4.39 Å². The fourth-order valence-electron chi connectivity index (χ4n) is 0.630. The number of hydrogen-bond acceptors (Lipinski definition) is 5. The highest BCUT2D eigenvalue weighted by molar-refractivity contribution is 4.82. The molecule has 6 heteroatoms. The Labute approximate surface area is 68.7 Å². The number of rotatable bonds is 4. The molecule has 0 aromatic heterocycles. The molecule has 0 spiro atoms. The molecular formula is C6H13FO5. The van der Waals surface area contributed by atoms with Crippen LogP contribution >= 0.6 is 0 Å². The van der Waals surface area contributed by atoms with Crippen LogP contribution in [0.5, 0.6) is 0 Å². The van der Waals surface area contributed by atoms with Gasteiger partial charge in [-0.2, -0.15) is 0 Å². The summed E-state index contributed by atoms with van der Waals surface area (Å²) in [7, 11) is 0. The zero-order valence-electron chi connectivity index (χ0n) is 6.55. The first-order valence-electron chi connectivity index (χ1n) is 3.37. The molecule has 0 amide bonds. The molecule has 0 saturated carbocycles. The second-order valence-electron chi connectivity index (χ2n) is 2.71. The van der Waals surface area contributed by atoms with Gasteiger partial charge in [0, 0.05) is 0 Å². The highest BCUT2D eigenvalue weighted by Gasteiger charge is 2.38. The van der Waals surface area contributed by atoms with Gasteiger partial charge in [0.1, 0.15) is 18.3 Å². The molecule has 5 N–H and O–H groups in total. The van der Waals surface area contributed by atoms with Gasteiger partial charge >= 0.3 is 0 Å². The zero-order valence-corrected chi connectivity index (χ0v) is 6.55. The molecule has 0 bridgehead atoms. The highest BCUT2D eigenvalue weighted by Crippen LogP contribution is 2.16. The first-order chi connectivity index (χ1) is 5.30. The van der Waals surface area contributed by atoms with Gasteiger partial charge in [0.25, 0.3) is 0 Å². The van der Waals surface area contributed by atoms with Crippen molar-refractivity contribution in [3.63, 3.8) is 0 Å². The van der Waals surface area contributed by atoms with Gasteiger partial charge in [-0.25, -0.2) is 4.39 Å². The van der Waals surface area contributed by atoms with E-state index in [1.54, 1.807) is 0 Å². The van der Waals surface area contributed by atoms with Crippen LogP contribution in [0.4, 0.5) is 4.39 Å². The summed E-state index contributed by atoms with van der Waals surface area (Å²) in [6.07, 6.45) is -5.75. The highest BCUT2D eigenvalue weighted by atomic mass is 19.2. The molecule has 0 aliphatic heterocycles. The van der Waals surface area contributed by atoms with Crippen LogP contribution < -0.4 is 0 Å². The average molecular weight is 184 g/mol. The van der Waals surface area contributed by atoms with Crippen molar-refractivity contribution in [2.75, 3.05) is 6.61 Å². The smallest absolute Gasteiger partial charge is 0.232 e. The molecule has 4 atom stereocenters. The van der Waals surface area contributed by atoms with Crippen LogP contribution in [0.25, 0.3) is 0 Å². The molecule has 0 aromatic carbocycles. The van der Waals surface area contributed by atoms with Crippen LogP contribution in [0, 0.1) is 0 Å². The SMILES string of the molecule is C[C@@](O)(F)[C@@H](O)[C@H](O)[C@H](O)CO. The first kappa shape index (κ1) is 11.7. The summed E-state index contributed by atoms with van der Waals surface area (Å²) < 4.78 is 12.5. The predicted octanol–water partition coefficient (Wildman–Crippen LogP) is -2.26. The van der Waals surface area contributed by atoms with Gasteiger partial charge in [-0.15, -0.1) is 0 Å². The molecule has 0 aliphatic carbocycles. The Morgan fingerprint density at radius 3 is 2.00 bits per heavy atom. The molecule has 0 heterocycles. The number of aliphatic hydroxyl groups excluding tert-OH is 4. The molecule has 12 heavy (non-hydrogen) atoms. The summed E-state index contributed by atoms with van der Waals surface area (Å²) in [5, 5.41) is 43.2. The molecular weight excluding hydrogens is 171 g/mol. The van der Waals surface area contributed by atoms with Gasteiger partial charge in [-0.05, 0) is 6.92 Å². The molecule has 0 aromatic rings. The standard InChI is InChI=1S/C6H13FO5/c1-6(7,12)5(11)4(10)3(9)2-8/h3-5,8-12H,2H2,1H3/t3-,4-,5+,6+/m1/s1. The van der Waals surface area contributed by atoms with E-state index in [2.05, 4.69) is 0 Å². The predicted molar refractivity (Wildman–Crippen MR) is 36.8 cm³/mol. The summed E-state index contributed by atoms with van der Waals surface area (Å²) in [4.78, 5) is 0. The molecule has 0 aliphatic rings. The summed E-state index contributed by atoms with van der Waals surface area (Å²) >= 11 is 0. The van der Waals surface area contributed by atoms with Gasteiger partial charge in [0.15, 0.2) is 0 Å². The van der Waals surface area contributed by atoms with E-state index in [1.807, 2.05) is 0 Å². The monoisotopic (exact) mass is 184 g/mol. The van der Waals surface area contributed by atoms with Crippen molar-refractivity contribution in [2.24, 2.45) is 0 Å². The van der Waals surface area contributed by atoms with E-state index in [4.69, 9.17) is 25.5 Å². The Hall–Kier alpha value is -0.270. The maximum absolute atomic E-state index is 12.5. The van der Waals surface area contributed by atoms with Crippen molar-refractivity contribution >= 4 is 0 Å². The minimum Gasteiger partial charge on any atom is -0.394 e. The van der Waals surface area contributed by atoms with E-state index in [1.165, 1.54) is 0 Å². The second-order valence-corrected chi connectivity index (χ2v) is 2.71. The van der Waals surface area contributed by atoms with E-state index >= 15 is 0 Å². The van der Waals surface area contributed by atoms with E-state index < -0.39 is 30.8 Å². The maximum atomic E-state index is 12.5. The lowest BCUT2D eigenvalue weighted by Crippen LogP contribution is -2.49. The van der Waals surface area contributed by atoms with Gasteiger partial charge in [-0.1, -0.05) is 0 Å². The van der Waals surface area contributed by atoms with Gasteiger partial charge in [0.2, 0.25) is 5.85 Å². The van der Waals surface area contributed by atoms with E-state index in [0.29, 0.717) is 6.92 Å². The maximum Gasteiger partial charge on any atom is 0.232 e. The third kappa shape index (κ3) is 3.00. The molecule has 0 unspecified atom stereocenters. The van der Waals surface area contributed by atoms with Gasteiger partial charge in [0.05, 0.1) is 6.61 Å². The molecule has 5 nitrogen and oxygen atoms in total. The number of hydrogen-bond donors (Lipinski definition) is 5. The van der Waals surface area contributed by atoms with Crippen molar-refractivity contribution in [3.8, 4) is 0 Å². The normalized spacial score (nSPS) is 24.2. The third-order valence-electron chi connectivity index (χ3n) is 1.44. The average Bonchev–Trinajstić information content (AvgIpc) is 1.98. The number of halogens is 1. The van der Waals surface area contributed by atoms with Crippen molar-refractivity contribution in [1.82, 2.24) is 0 Å². The van der Waals surface area contributed by atoms with Crippen LogP contribution in [0.3, 0.4) is 0 Å². The van der Waals surface area contributed by atoms with Crippen molar-refractivity contribution in [3.05, 3.63) is 0 Å². The van der Waals surface area contributed by atoms with Crippen molar-refractivity contribution in [1.29, 1.82) is 0 Å². The minimum atomic E-state index is -3.00. The summed E-state index contributed by atoms with van der Waals surface area (Å²) in [6.45, 7) is -0.195. The van der Waals surface area contributed by atoms with E-state index in [0.717, 1.165) is 0 Å². The zero-order chi connectivity index (χ0) is 9.94. The lowest BCUT2D eigenvalue weighted by Gasteiger charge is -2.27. The Balaban J connectivity index is 4.19. The Kier molecular flexibility index (Phi) is 4.01. The first-order valence-corrected chi connectivity index (χ1v) is 3.37.